The molecule has 0 amide bonds. The summed E-state index contributed by atoms with van der Waals surface area (Å²) >= 11 is 1.67. The van der Waals surface area contributed by atoms with E-state index in [0.29, 0.717) is 0 Å². The molecule has 22 heavy (non-hydrogen) atoms. The van der Waals surface area contributed by atoms with Crippen LogP contribution in [-0.4, -0.2) is 15.7 Å². The first-order valence-electron chi connectivity index (χ1n) is 6.93. The Morgan fingerprint density at radius 2 is 1.91 bits per heavy atom. The van der Waals surface area contributed by atoms with Crippen molar-refractivity contribution in [1.29, 1.82) is 0 Å². The number of benzene rings is 1. The SMILES string of the molecule is C/C(=N/Nc1ncnc2sc(C)c(C)c12)c1ccc(N)cc1. The summed E-state index contributed by atoms with van der Waals surface area (Å²) in [7, 11) is 0. The minimum atomic E-state index is 0.738. The molecule has 0 radical (unpaired) electrons. The van der Waals surface area contributed by atoms with Crippen LogP contribution in [0.1, 0.15) is 22.9 Å². The van der Waals surface area contributed by atoms with Gasteiger partial charge in [0.1, 0.15) is 11.2 Å². The zero-order valence-electron chi connectivity index (χ0n) is 12.7. The van der Waals surface area contributed by atoms with Gasteiger partial charge >= 0.3 is 0 Å². The van der Waals surface area contributed by atoms with E-state index in [4.69, 9.17) is 5.73 Å². The van der Waals surface area contributed by atoms with Gasteiger partial charge in [-0.15, -0.1) is 11.3 Å². The Balaban J connectivity index is 1.93. The van der Waals surface area contributed by atoms with Crippen molar-refractivity contribution in [2.45, 2.75) is 20.8 Å². The monoisotopic (exact) mass is 311 g/mol. The minimum Gasteiger partial charge on any atom is -0.399 e. The molecule has 0 fully saturated rings. The molecule has 0 aliphatic heterocycles. The molecule has 112 valence electrons. The predicted molar refractivity (Wildman–Crippen MR) is 93.6 cm³/mol. The fraction of sp³-hybridized carbons (Fsp3) is 0.188. The molecule has 0 aliphatic carbocycles. The number of anilines is 2. The number of rotatable bonds is 3. The number of fused-ring (bicyclic) bond motifs is 1. The molecule has 0 atom stereocenters. The lowest BCUT2D eigenvalue weighted by Gasteiger charge is -2.05. The summed E-state index contributed by atoms with van der Waals surface area (Å²) < 4.78 is 0. The largest absolute Gasteiger partial charge is 0.399 e. The van der Waals surface area contributed by atoms with E-state index in [1.165, 1.54) is 10.4 Å². The molecule has 3 aromatic rings. The Labute approximate surface area is 132 Å². The normalized spacial score (nSPS) is 11.9. The number of nitrogen functional groups attached to an aromatic ring is 1. The molecule has 0 bridgehead atoms. The third-order valence-electron chi connectivity index (χ3n) is 3.62. The molecule has 2 heterocycles. The van der Waals surface area contributed by atoms with E-state index < -0.39 is 0 Å². The van der Waals surface area contributed by atoms with Gasteiger partial charge in [-0.3, -0.25) is 5.43 Å². The molecule has 1 aromatic carbocycles. The highest BCUT2D eigenvalue weighted by Gasteiger charge is 2.11. The van der Waals surface area contributed by atoms with Gasteiger partial charge in [0.05, 0.1) is 11.1 Å². The fourth-order valence-electron chi connectivity index (χ4n) is 2.19. The zero-order valence-corrected chi connectivity index (χ0v) is 13.5. The van der Waals surface area contributed by atoms with Crippen molar-refractivity contribution in [3.8, 4) is 0 Å². The second-order valence-electron chi connectivity index (χ2n) is 5.12. The molecule has 0 spiro atoms. The molecule has 6 heteroatoms. The van der Waals surface area contributed by atoms with Crippen molar-refractivity contribution in [3.63, 3.8) is 0 Å². The number of nitrogens with zero attached hydrogens (tertiary/aromatic N) is 3. The van der Waals surface area contributed by atoms with Crippen molar-refractivity contribution < 1.29 is 0 Å². The van der Waals surface area contributed by atoms with Crippen LogP contribution in [0.15, 0.2) is 35.7 Å². The Morgan fingerprint density at radius 1 is 1.18 bits per heavy atom. The molecule has 2 aromatic heterocycles. The van der Waals surface area contributed by atoms with Crippen LogP contribution in [-0.2, 0) is 0 Å². The zero-order chi connectivity index (χ0) is 15.7. The van der Waals surface area contributed by atoms with E-state index in [9.17, 15) is 0 Å². The van der Waals surface area contributed by atoms with Crippen LogP contribution in [0.25, 0.3) is 10.2 Å². The van der Waals surface area contributed by atoms with Gasteiger partial charge < -0.3 is 5.73 Å². The molecule has 5 nitrogen and oxygen atoms in total. The fourth-order valence-corrected chi connectivity index (χ4v) is 3.19. The summed E-state index contributed by atoms with van der Waals surface area (Å²) in [5, 5.41) is 5.48. The highest BCUT2D eigenvalue weighted by atomic mass is 32.1. The maximum absolute atomic E-state index is 5.70. The summed E-state index contributed by atoms with van der Waals surface area (Å²) in [5.74, 6) is 0.738. The average Bonchev–Trinajstić information content (AvgIpc) is 2.81. The Hall–Kier alpha value is -2.47. The quantitative estimate of drug-likeness (QED) is 0.439. The van der Waals surface area contributed by atoms with Crippen LogP contribution in [0.2, 0.25) is 0 Å². The summed E-state index contributed by atoms with van der Waals surface area (Å²) in [4.78, 5) is 10.9. The maximum Gasteiger partial charge on any atom is 0.158 e. The van der Waals surface area contributed by atoms with Crippen molar-refractivity contribution in [3.05, 3.63) is 46.6 Å². The van der Waals surface area contributed by atoms with Crippen LogP contribution < -0.4 is 11.2 Å². The second-order valence-corrected chi connectivity index (χ2v) is 6.32. The molecule has 3 N–H and O–H groups in total. The molecule has 0 unspecified atom stereocenters. The highest BCUT2D eigenvalue weighted by molar-refractivity contribution is 7.18. The predicted octanol–water partition coefficient (Wildman–Crippen LogP) is 3.73. The van der Waals surface area contributed by atoms with E-state index >= 15 is 0 Å². The number of nitrogens with one attached hydrogen (secondary N) is 1. The van der Waals surface area contributed by atoms with Gasteiger partial charge in [0.2, 0.25) is 0 Å². The van der Waals surface area contributed by atoms with E-state index in [-0.39, 0.29) is 0 Å². The van der Waals surface area contributed by atoms with Gasteiger partial charge in [-0.1, -0.05) is 12.1 Å². The molecule has 3 rings (SSSR count). The van der Waals surface area contributed by atoms with Gasteiger partial charge in [-0.05, 0) is 44.0 Å². The molecular weight excluding hydrogens is 294 g/mol. The number of aromatic nitrogens is 2. The van der Waals surface area contributed by atoms with Gasteiger partial charge in [-0.25, -0.2) is 9.97 Å². The third-order valence-corrected chi connectivity index (χ3v) is 4.74. The number of aryl methyl sites for hydroxylation is 2. The number of hydrazone groups is 1. The third kappa shape index (κ3) is 2.65. The first-order chi connectivity index (χ1) is 10.6. The van der Waals surface area contributed by atoms with Crippen LogP contribution in [0.4, 0.5) is 11.5 Å². The number of nitrogens with two attached hydrogens (primary N) is 1. The summed E-state index contributed by atoms with van der Waals surface area (Å²) in [6.45, 7) is 6.12. The first kappa shape index (κ1) is 14.5. The van der Waals surface area contributed by atoms with Gasteiger partial charge in [0, 0.05) is 10.6 Å². The molecule has 0 saturated heterocycles. The van der Waals surface area contributed by atoms with Crippen LogP contribution in [0, 0.1) is 13.8 Å². The molecule has 0 saturated carbocycles. The number of thiophene rings is 1. The lowest BCUT2D eigenvalue weighted by molar-refractivity contribution is 1.18. The summed E-state index contributed by atoms with van der Waals surface area (Å²) in [6, 6.07) is 7.63. The van der Waals surface area contributed by atoms with Crippen molar-refractivity contribution >= 4 is 38.8 Å². The van der Waals surface area contributed by atoms with E-state index in [2.05, 4.69) is 34.3 Å². The number of hydrogen-bond donors (Lipinski definition) is 2. The Bertz CT molecular complexity index is 849. The van der Waals surface area contributed by atoms with Crippen LogP contribution in [0.5, 0.6) is 0 Å². The second kappa shape index (κ2) is 5.73. The lowest BCUT2D eigenvalue weighted by atomic mass is 10.1. The van der Waals surface area contributed by atoms with E-state index in [1.807, 2.05) is 31.2 Å². The van der Waals surface area contributed by atoms with Crippen molar-refractivity contribution in [2.75, 3.05) is 11.2 Å². The Morgan fingerprint density at radius 3 is 2.64 bits per heavy atom. The molecule has 0 aliphatic rings. The van der Waals surface area contributed by atoms with Crippen LogP contribution in [0.3, 0.4) is 0 Å². The lowest BCUT2D eigenvalue weighted by Crippen LogP contribution is -2.01. The van der Waals surface area contributed by atoms with Gasteiger partial charge in [0.25, 0.3) is 0 Å². The van der Waals surface area contributed by atoms with Crippen LogP contribution >= 0.6 is 11.3 Å². The van der Waals surface area contributed by atoms with Crippen molar-refractivity contribution in [2.24, 2.45) is 5.10 Å². The van der Waals surface area contributed by atoms with E-state index in [0.717, 1.165) is 33.0 Å². The van der Waals surface area contributed by atoms with E-state index in [1.54, 1.807) is 17.7 Å². The van der Waals surface area contributed by atoms with Gasteiger partial charge in [-0.2, -0.15) is 5.10 Å². The smallest absolute Gasteiger partial charge is 0.158 e. The summed E-state index contributed by atoms with van der Waals surface area (Å²) in [5.41, 5.74) is 12.6. The number of hydrogen-bond acceptors (Lipinski definition) is 6. The summed E-state index contributed by atoms with van der Waals surface area (Å²) in [6.07, 6.45) is 1.56. The Kier molecular flexibility index (Phi) is 3.77. The molecular formula is C16H17N5S. The maximum atomic E-state index is 5.70. The van der Waals surface area contributed by atoms with Crippen molar-refractivity contribution in [1.82, 2.24) is 9.97 Å². The average molecular weight is 311 g/mol. The highest BCUT2D eigenvalue weighted by Crippen LogP contribution is 2.32. The topological polar surface area (TPSA) is 76.2 Å². The standard InChI is InChI=1S/C16H17N5S/c1-9-11(3)22-16-14(9)15(18-8-19-16)21-20-10(2)12-4-6-13(17)7-5-12/h4-8H,17H2,1-3H3,(H,18,19,21)/b20-10-. The minimum absolute atomic E-state index is 0.738. The first-order valence-corrected chi connectivity index (χ1v) is 7.75. The van der Waals surface area contributed by atoms with Gasteiger partial charge in [0.15, 0.2) is 5.82 Å².